The second kappa shape index (κ2) is 5.77. The van der Waals surface area contributed by atoms with Crippen LogP contribution in [-0.2, 0) is 5.41 Å². The lowest BCUT2D eigenvalue weighted by molar-refractivity contribution is 0.100. The minimum Gasteiger partial charge on any atom is -0.298 e. The maximum absolute atomic E-state index is 12.1. The van der Waals surface area contributed by atoms with E-state index in [-0.39, 0.29) is 17.1 Å². The number of aromatic nitrogens is 1. The molecule has 0 aliphatic rings. The van der Waals surface area contributed by atoms with Gasteiger partial charge in [-0.05, 0) is 19.1 Å². The number of thiazole rings is 1. The van der Waals surface area contributed by atoms with E-state index in [1.807, 2.05) is 5.38 Å². The number of hydrogen-bond acceptors (Lipinski definition) is 4. The van der Waals surface area contributed by atoms with Crippen molar-refractivity contribution in [3.05, 3.63) is 46.5 Å². The maximum atomic E-state index is 12.1. The maximum Gasteiger partial charge on any atom is 0.257 e. The van der Waals surface area contributed by atoms with Crippen molar-refractivity contribution in [1.82, 2.24) is 4.98 Å². The highest BCUT2D eigenvalue weighted by Crippen LogP contribution is 2.26. The van der Waals surface area contributed by atoms with E-state index in [2.05, 4.69) is 31.1 Å². The van der Waals surface area contributed by atoms with Gasteiger partial charge in [0.25, 0.3) is 5.91 Å². The third-order valence-corrected chi connectivity index (χ3v) is 3.80. The van der Waals surface area contributed by atoms with Crippen molar-refractivity contribution in [3.8, 4) is 0 Å². The average molecular weight is 302 g/mol. The lowest BCUT2D eigenvalue weighted by atomic mass is 9.93. The van der Waals surface area contributed by atoms with Crippen molar-refractivity contribution < 1.29 is 9.59 Å². The standard InChI is InChI=1S/C16H18N2O2S/c1-10(19)11-5-7-12(8-6-11)14(20)18-15-17-13(9-21-15)16(2,3)4/h5-9H,1-4H3,(H,17,18,20). The Hall–Kier alpha value is -2.01. The second-order valence-corrected chi connectivity index (χ2v) is 6.73. The molecular formula is C16H18N2O2S. The number of hydrogen-bond donors (Lipinski definition) is 1. The number of carbonyl (C=O) groups is 2. The zero-order chi connectivity index (χ0) is 15.6. The molecule has 0 saturated carbocycles. The van der Waals surface area contributed by atoms with Crippen molar-refractivity contribution >= 4 is 28.2 Å². The van der Waals surface area contributed by atoms with Crippen molar-refractivity contribution in [1.29, 1.82) is 0 Å². The van der Waals surface area contributed by atoms with Gasteiger partial charge >= 0.3 is 0 Å². The molecule has 1 N–H and O–H groups in total. The van der Waals surface area contributed by atoms with Crippen LogP contribution in [0.15, 0.2) is 29.6 Å². The molecular weight excluding hydrogens is 284 g/mol. The number of nitrogens with zero attached hydrogens (tertiary/aromatic N) is 1. The van der Waals surface area contributed by atoms with Gasteiger partial charge in [-0.1, -0.05) is 32.9 Å². The van der Waals surface area contributed by atoms with E-state index in [1.165, 1.54) is 18.3 Å². The van der Waals surface area contributed by atoms with Crippen molar-refractivity contribution in [2.24, 2.45) is 0 Å². The second-order valence-electron chi connectivity index (χ2n) is 5.88. The van der Waals surface area contributed by atoms with E-state index < -0.39 is 0 Å². The number of carbonyl (C=O) groups excluding carboxylic acids is 2. The number of nitrogens with one attached hydrogen (secondary N) is 1. The molecule has 0 spiro atoms. The van der Waals surface area contributed by atoms with Gasteiger partial charge in [-0.2, -0.15) is 0 Å². The van der Waals surface area contributed by atoms with E-state index in [1.54, 1.807) is 24.3 Å². The van der Waals surface area contributed by atoms with Crippen LogP contribution >= 0.6 is 11.3 Å². The molecule has 1 aromatic heterocycles. The van der Waals surface area contributed by atoms with Crippen molar-refractivity contribution in [2.75, 3.05) is 5.32 Å². The molecule has 0 atom stereocenters. The SMILES string of the molecule is CC(=O)c1ccc(C(=O)Nc2nc(C(C)(C)C)cs2)cc1. The molecule has 0 fully saturated rings. The van der Waals surface area contributed by atoms with Crippen LogP contribution in [0.2, 0.25) is 0 Å². The van der Waals surface area contributed by atoms with Crippen LogP contribution in [0, 0.1) is 0 Å². The Balaban J connectivity index is 2.11. The Kier molecular flexibility index (Phi) is 4.23. The lowest BCUT2D eigenvalue weighted by Crippen LogP contribution is -2.14. The molecule has 0 bridgehead atoms. The molecule has 110 valence electrons. The van der Waals surface area contributed by atoms with Gasteiger partial charge in [0, 0.05) is 21.9 Å². The summed E-state index contributed by atoms with van der Waals surface area (Å²) in [6.45, 7) is 7.73. The summed E-state index contributed by atoms with van der Waals surface area (Å²) in [6.07, 6.45) is 0. The van der Waals surface area contributed by atoms with Crippen LogP contribution < -0.4 is 5.32 Å². The minimum atomic E-state index is -0.222. The molecule has 5 heteroatoms. The van der Waals surface area contributed by atoms with Gasteiger partial charge in [0.15, 0.2) is 10.9 Å². The Bertz CT molecular complexity index is 666. The normalized spacial score (nSPS) is 11.2. The van der Waals surface area contributed by atoms with Gasteiger partial charge in [0.2, 0.25) is 0 Å². The summed E-state index contributed by atoms with van der Waals surface area (Å²) in [5.74, 6) is -0.239. The van der Waals surface area contributed by atoms with Crippen LogP contribution in [0.25, 0.3) is 0 Å². The molecule has 4 nitrogen and oxygen atoms in total. The fourth-order valence-corrected chi connectivity index (χ4v) is 2.63. The van der Waals surface area contributed by atoms with Gasteiger partial charge in [-0.15, -0.1) is 11.3 Å². The van der Waals surface area contributed by atoms with Gasteiger partial charge in [0.05, 0.1) is 5.69 Å². The van der Waals surface area contributed by atoms with E-state index in [0.717, 1.165) is 5.69 Å². The first-order valence-electron chi connectivity index (χ1n) is 6.66. The smallest absolute Gasteiger partial charge is 0.257 e. The van der Waals surface area contributed by atoms with Crippen LogP contribution in [0.1, 0.15) is 54.1 Å². The number of benzene rings is 1. The number of ketones is 1. The fraction of sp³-hybridized carbons (Fsp3) is 0.312. The molecule has 0 saturated heterocycles. The highest BCUT2D eigenvalue weighted by molar-refractivity contribution is 7.14. The lowest BCUT2D eigenvalue weighted by Gasteiger charge is -2.14. The monoisotopic (exact) mass is 302 g/mol. The molecule has 0 aliphatic carbocycles. The summed E-state index contributed by atoms with van der Waals surface area (Å²) in [5.41, 5.74) is 2.01. The highest BCUT2D eigenvalue weighted by atomic mass is 32.1. The topological polar surface area (TPSA) is 59.1 Å². The third-order valence-electron chi connectivity index (χ3n) is 3.05. The number of rotatable bonds is 3. The summed E-state index contributed by atoms with van der Waals surface area (Å²) >= 11 is 1.41. The molecule has 2 rings (SSSR count). The first-order chi connectivity index (χ1) is 9.77. The third kappa shape index (κ3) is 3.76. The van der Waals surface area contributed by atoms with Crippen molar-refractivity contribution in [3.63, 3.8) is 0 Å². The minimum absolute atomic E-state index is 0.0169. The first-order valence-corrected chi connectivity index (χ1v) is 7.53. The van der Waals surface area contributed by atoms with E-state index in [0.29, 0.717) is 16.3 Å². The molecule has 21 heavy (non-hydrogen) atoms. The number of anilines is 1. The molecule has 0 aliphatic heterocycles. The Morgan fingerprint density at radius 2 is 1.67 bits per heavy atom. The van der Waals surface area contributed by atoms with Crippen LogP contribution in [0.4, 0.5) is 5.13 Å². The fourth-order valence-electron chi connectivity index (χ4n) is 1.70. The Morgan fingerprint density at radius 3 is 2.14 bits per heavy atom. The summed E-state index contributed by atoms with van der Waals surface area (Å²) in [4.78, 5) is 27.8. The molecule has 1 amide bonds. The first kappa shape index (κ1) is 15.4. The largest absolute Gasteiger partial charge is 0.298 e. The van der Waals surface area contributed by atoms with Gasteiger partial charge in [0.1, 0.15) is 0 Å². The molecule has 2 aromatic rings. The number of amides is 1. The van der Waals surface area contributed by atoms with E-state index in [9.17, 15) is 9.59 Å². The summed E-state index contributed by atoms with van der Waals surface area (Å²) in [5, 5.41) is 5.32. The average Bonchev–Trinajstić information content (AvgIpc) is 2.87. The number of Topliss-reactive ketones (excluding diaryl/α,β-unsaturated/α-hetero) is 1. The summed E-state index contributed by atoms with van der Waals surface area (Å²) in [7, 11) is 0. The van der Waals surface area contributed by atoms with Gasteiger partial charge in [-0.3, -0.25) is 14.9 Å². The predicted molar refractivity (Wildman–Crippen MR) is 85.2 cm³/mol. The van der Waals surface area contributed by atoms with Gasteiger partial charge < -0.3 is 0 Å². The predicted octanol–water partition coefficient (Wildman–Crippen LogP) is 3.90. The molecule has 0 unspecified atom stereocenters. The Labute approximate surface area is 128 Å². The molecule has 0 radical (unpaired) electrons. The van der Waals surface area contributed by atoms with Crippen LogP contribution in [-0.4, -0.2) is 16.7 Å². The Morgan fingerprint density at radius 1 is 1.10 bits per heavy atom. The highest BCUT2D eigenvalue weighted by Gasteiger charge is 2.18. The van der Waals surface area contributed by atoms with Crippen LogP contribution in [0.5, 0.6) is 0 Å². The zero-order valence-electron chi connectivity index (χ0n) is 12.6. The zero-order valence-corrected chi connectivity index (χ0v) is 13.4. The summed E-state index contributed by atoms with van der Waals surface area (Å²) in [6, 6.07) is 6.59. The van der Waals surface area contributed by atoms with Crippen molar-refractivity contribution in [2.45, 2.75) is 33.1 Å². The molecule has 1 aromatic carbocycles. The van der Waals surface area contributed by atoms with E-state index in [4.69, 9.17) is 0 Å². The van der Waals surface area contributed by atoms with Gasteiger partial charge in [-0.25, -0.2) is 4.98 Å². The molecule has 1 heterocycles. The quantitative estimate of drug-likeness (QED) is 0.875. The summed E-state index contributed by atoms with van der Waals surface area (Å²) < 4.78 is 0. The van der Waals surface area contributed by atoms with E-state index >= 15 is 0 Å². The van der Waals surface area contributed by atoms with Crippen LogP contribution in [0.3, 0.4) is 0 Å².